The van der Waals surface area contributed by atoms with Crippen LogP contribution < -0.4 is 5.32 Å². The van der Waals surface area contributed by atoms with Gasteiger partial charge in [0.25, 0.3) is 0 Å². The van der Waals surface area contributed by atoms with Crippen LogP contribution in [0.3, 0.4) is 0 Å². The number of rotatable bonds is 0. The van der Waals surface area contributed by atoms with E-state index in [0.717, 1.165) is 5.17 Å². The van der Waals surface area contributed by atoms with Crippen LogP contribution in [0.25, 0.3) is 0 Å². The van der Waals surface area contributed by atoms with Gasteiger partial charge in [0.05, 0.1) is 0 Å². The molecule has 0 aromatic rings. The van der Waals surface area contributed by atoms with E-state index in [-0.39, 0.29) is 0 Å². The topological polar surface area (TPSA) is 24.4 Å². The van der Waals surface area contributed by atoms with E-state index in [2.05, 4.69) is 17.2 Å². The third-order valence-corrected chi connectivity index (χ3v) is 2.38. The van der Waals surface area contributed by atoms with Gasteiger partial charge in [0, 0.05) is 18.8 Å². The Bertz CT molecular complexity index is 122. The quantitative estimate of drug-likeness (QED) is 0.550. The second kappa shape index (κ2) is 3.11. The highest BCUT2D eigenvalue weighted by Gasteiger charge is 2.11. The van der Waals surface area contributed by atoms with Crippen LogP contribution in [0.15, 0.2) is 4.99 Å². The lowest BCUT2D eigenvalue weighted by atomic mass is 10.3. The zero-order valence-corrected chi connectivity index (χ0v) is 6.66. The molecule has 0 aromatic carbocycles. The SMILES string of the molecule is CN=C1NC(C)CCS1. The van der Waals surface area contributed by atoms with Crippen molar-refractivity contribution in [2.24, 2.45) is 4.99 Å². The van der Waals surface area contributed by atoms with Gasteiger partial charge in [-0.05, 0) is 13.3 Å². The van der Waals surface area contributed by atoms with Gasteiger partial charge in [-0.3, -0.25) is 4.99 Å². The second-order valence-electron chi connectivity index (χ2n) is 2.21. The van der Waals surface area contributed by atoms with Crippen LogP contribution in [0.2, 0.25) is 0 Å². The molecule has 1 heterocycles. The van der Waals surface area contributed by atoms with Crippen molar-refractivity contribution in [2.75, 3.05) is 12.8 Å². The molecule has 0 saturated carbocycles. The van der Waals surface area contributed by atoms with Gasteiger partial charge < -0.3 is 5.32 Å². The Morgan fingerprint density at radius 1 is 1.78 bits per heavy atom. The normalized spacial score (nSPS) is 32.2. The van der Waals surface area contributed by atoms with Crippen molar-refractivity contribution in [2.45, 2.75) is 19.4 Å². The zero-order chi connectivity index (χ0) is 6.69. The first-order chi connectivity index (χ1) is 4.33. The Morgan fingerprint density at radius 2 is 2.56 bits per heavy atom. The fraction of sp³-hybridized carbons (Fsp3) is 0.833. The summed E-state index contributed by atoms with van der Waals surface area (Å²) in [5.74, 6) is 1.21. The van der Waals surface area contributed by atoms with Crippen molar-refractivity contribution in [1.29, 1.82) is 0 Å². The number of nitrogens with one attached hydrogen (secondary N) is 1. The largest absolute Gasteiger partial charge is 0.362 e. The maximum Gasteiger partial charge on any atom is 0.156 e. The molecule has 3 heteroatoms. The summed E-state index contributed by atoms with van der Waals surface area (Å²) in [6, 6.07) is 0.616. The molecule has 1 unspecified atom stereocenters. The summed E-state index contributed by atoms with van der Waals surface area (Å²) in [4.78, 5) is 4.07. The maximum atomic E-state index is 4.07. The monoisotopic (exact) mass is 144 g/mol. The van der Waals surface area contributed by atoms with Crippen molar-refractivity contribution >= 4 is 16.9 Å². The van der Waals surface area contributed by atoms with E-state index in [0.29, 0.717) is 6.04 Å². The van der Waals surface area contributed by atoms with Crippen molar-refractivity contribution < 1.29 is 0 Å². The van der Waals surface area contributed by atoms with Gasteiger partial charge in [0.15, 0.2) is 5.17 Å². The Balaban J connectivity index is 2.41. The molecule has 52 valence electrons. The molecule has 0 radical (unpaired) electrons. The first kappa shape index (κ1) is 6.93. The van der Waals surface area contributed by atoms with Crippen LogP contribution in [-0.2, 0) is 0 Å². The van der Waals surface area contributed by atoms with E-state index in [9.17, 15) is 0 Å². The minimum atomic E-state index is 0.616. The molecule has 1 aliphatic rings. The van der Waals surface area contributed by atoms with E-state index in [4.69, 9.17) is 0 Å². The van der Waals surface area contributed by atoms with Gasteiger partial charge in [-0.25, -0.2) is 0 Å². The highest BCUT2D eigenvalue weighted by Crippen LogP contribution is 2.12. The zero-order valence-electron chi connectivity index (χ0n) is 5.85. The van der Waals surface area contributed by atoms with E-state index in [1.807, 2.05) is 7.05 Å². The van der Waals surface area contributed by atoms with Crippen molar-refractivity contribution in [3.8, 4) is 0 Å². The molecule has 0 bridgehead atoms. The molecule has 1 atom stereocenters. The van der Waals surface area contributed by atoms with E-state index in [1.165, 1.54) is 12.2 Å². The van der Waals surface area contributed by atoms with E-state index in [1.54, 1.807) is 11.8 Å². The van der Waals surface area contributed by atoms with E-state index >= 15 is 0 Å². The van der Waals surface area contributed by atoms with E-state index < -0.39 is 0 Å². The van der Waals surface area contributed by atoms with Crippen molar-refractivity contribution in [1.82, 2.24) is 5.32 Å². The summed E-state index contributed by atoms with van der Waals surface area (Å²) in [5, 5.41) is 4.37. The Labute approximate surface area is 60.1 Å². The van der Waals surface area contributed by atoms with Gasteiger partial charge in [0.1, 0.15) is 0 Å². The lowest BCUT2D eigenvalue weighted by Crippen LogP contribution is -2.35. The maximum absolute atomic E-state index is 4.07. The van der Waals surface area contributed by atoms with Crippen LogP contribution in [0.4, 0.5) is 0 Å². The van der Waals surface area contributed by atoms with Crippen LogP contribution in [0.1, 0.15) is 13.3 Å². The molecule has 9 heavy (non-hydrogen) atoms. The molecule has 1 fully saturated rings. The number of hydrogen-bond donors (Lipinski definition) is 1. The average Bonchev–Trinajstić information content (AvgIpc) is 1.88. The van der Waals surface area contributed by atoms with Crippen LogP contribution in [-0.4, -0.2) is 24.0 Å². The van der Waals surface area contributed by atoms with Crippen LogP contribution >= 0.6 is 11.8 Å². The van der Waals surface area contributed by atoms with Crippen molar-refractivity contribution in [3.05, 3.63) is 0 Å². The summed E-state index contributed by atoms with van der Waals surface area (Å²) in [5.41, 5.74) is 0. The summed E-state index contributed by atoms with van der Waals surface area (Å²) in [6.45, 7) is 2.19. The summed E-state index contributed by atoms with van der Waals surface area (Å²) >= 11 is 1.81. The molecule has 1 saturated heterocycles. The first-order valence-corrected chi connectivity index (χ1v) is 4.17. The Morgan fingerprint density at radius 3 is 3.00 bits per heavy atom. The lowest BCUT2D eigenvalue weighted by Gasteiger charge is -2.20. The minimum absolute atomic E-state index is 0.616. The number of aliphatic imine (C=N–C) groups is 1. The number of nitrogens with zero attached hydrogens (tertiary/aromatic N) is 1. The predicted molar refractivity (Wildman–Crippen MR) is 43.0 cm³/mol. The number of hydrogen-bond acceptors (Lipinski definition) is 2. The van der Waals surface area contributed by atoms with Gasteiger partial charge in [-0.2, -0.15) is 0 Å². The molecule has 1 N–H and O–H groups in total. The molecule has 2 nitrogen and oxygen atoms in total. The third kappa shape index (κ3) is 1.90. The molecule has 1 rings (SSSR count). The van der Waals surface area contributed by atoms with Gasteiger partial charge >= 0.3 is 0 Å². The summed E-state index contributed by atoms with van der Waals surface area (Å²) in [6.07, 6.45) is 1.25. The third-order valence-electron chi connectivity index (χ3n) is 1.36. The molecule has 0 aromatic heterocycles. The minimum Gasteiger partial charge on any atom is -0.362 e. The lowest BCUT2D eigenvalue weighted by molar-refractivity contribution is 0.644. The standard InChI is InChI=1S/C6H12N2S/c1-5-3-4-9-6(7-2)8-5/h5H,3-4H2,1-2H3,(H,7,8). The molecule has 1 aliphatic heterocycles. The fourth-order valence-electron chi connectivity index (χ4n) is 0.786. The highest BCUT2D eigenvalue weighted by molar-refractivity contribution is 8.13. The Hall–Kier alpha value is -0.180. The molecular formula is C6H12N2S. The summed E-state index contributed by atoms with van der Waals surface area (Å²) < 4.78 is 0. The van der Waals surface area contributed by atoms with Crippen LogP contribution in [0, 0.1) is 0 Å². The van der Waals surface area contributed by atoms with Crippen LogP contribution in [0.5, 0.6) is 0 Å². The molecule has 0 amide bonds. The van der Waals surface area contributed by atoms with Gasteiger partial charge in [0.2, 0.25) is 0 Å². The number of amidine groups is 1. The smallest absolute Gasteiger partial charge is 0.156 e. The number of thioether (sulfide) groups is 1. The summed E-state index contributed by atoms with van der Waals surface area (Å²) in [7, 11) is 1.83. The second-order valence-corrected chi connectivity index (χ2v) is 3.29. The molecule has 0 spiro atoms. The molecular weight excluding hydrogens is 132 g/mol. The predicted octanol–water partition coefficient (Wildman–Crippen LogP) is 1.09. The Kier molecular flexibility index (Phi) is 2.39. The van der Waals surface area contributed by atoms with Gasteiger partial charge in [-0.1, -0.05) is 11.8 Å². The average molecular weight is 144 g/mol. The molecule has 0 aliphatic carbocycles. The highest BCUT2D eigenvalue weighted by atomic mass is 32.2. The fourth-order valence-corrected chi connectivity index (χ4v) is 1.86. The van der Waals surface area contributed by atoms with Crippen molar-refractivity contribution in [3.63, 3.8) is 0 Å². The van der Waals surface area contributed by atoms with Gasteiger partial charge in [-0.15, -0.1) is 0 Å². The first-order valence-electron chi connectivity index (χ1n) is 3.19.